The van der Waals surface area contributed by atoms with Gasteiger partial charge in [-0.05, 0) is 24.6 Å². The van der Waals surface area contributed by atoms with Crippen LogP contribution in [0.15, 0.2) is 12.1 Å². The maximum Gasteiger partial charge on any atom is 0.264 e. The quantitative estimate of drug-likeness (QED) is 0.815. The Morgan fingerprint density at radius 3 is 2.50 bits per heavy atom. The highest BCUT2D eigenvalue weighted by atomic mass is 19.3. The maximum absolute atomic E-state index is 12.5. The minimum Gasteiger partial charge on any atom is -0.496 e. The second-order valence-electron chi connectivity index (χ2n) is 2.98. The summed E-state index contributed by atoms with van der Waals surface area (Å²) < 4.78 is 29.9. The Morgan fingerprint density at radius 1 is 1.43 bits per heavy atom. The van der Waals surface area contributed by atoms with Gasteiger partial charge in [0.15, 0.2) is 0 Å². The van der Waals surface area contributed by atoms with Gasteiger partial charge in [-0.1, -0.05) is 0 Å². The molecule has 0 bridgehead atoms. The van der Waals surface area contributed by atoms with Crippen LogP contribution < -0.4 is 4.74 Å². The van der Waals surface area contributed by atoms with Gasteiger partial charge in [0, 0.05) is 11.1 Å². The molecule has 0 saturated carbocycles. The first-order valence-corrected chi connectivity index (χ1v) is 4.16. The lowest BCUT2D eigenvalue weighted by atomic mass is 10.0. The monoisotopic (exact) mass is 202 g/mol. The van der Waals surface area contributed by atoms with E-state index in [1.807, 2.05) is 0 Å². The molecule has 0 aliphatic rings. The van der Waals surface area contributed by atoms with Gasteiger partial charge in [0.25, 0.3) is 6.43 Å². The fourth-order valence-electron chi connectivity index (χ4n) is 1.29. The van der Waals surface area contributed by atoms with Crippen molar-refractivity contribution >= 4 is 0 Å². The minimum atomic E-state index is -2.52. The molecule has 1 aromatic carbocycles. The number of aliphatic hydroxyl groups is 1. The van der Waals surface area contributed by atoms with E-state index < -0.39 is 6.43 Å². The minimum absolute atomic E-state index is 0.0603. The Balaban J connectivity index is 3.23. The zero-order valence-electron chi connectivity index (χ0n) is 8.05. The highest BCUT2D eigenvalue weighted by molar-refractivity contribution is 5.42. The maximum atomic E-state index is 12.5. The van der Waals surface area contributed by atoms with Gasteiger partial charge >= 0.3 is 0 Å². The van der Waals surface area contributed by atoms with E-state index in [1.54, 1.807) is 6.92 Å². The standard InChI is InChI=1S/C10H12F2O2/c1-6-3-9(14-2)7(5-13)4-8(6)10(11)12/h3-4,10,13H,5H2,1-2H3. The first kappa shape index (κ1) is 10.9. The molecule has 1 N–H and O–H groups in total. The van der Waals surface area contributed by atoms with Crippen LogP contribution in [0.4, 0.5) is 8.78 Å². The fraction of sp³-hybridized carbons (Fsp3) is 0.400. The first-order valence-electron chi connectivity index (χ1n) is 4.16. The van der Waals surface area contributed by atoms with Crippen LogP contribution in [0.25, 0.3) is 0 Å². The van der Waals surface area contributed by atoms with Gasteiger partial charge in [0.05, 0.1) is 13.7 Å². The van der Waals surface area contributed by atoms with Gasteiger partial charge < -0.3 is 9.84 Å². The van der Waals surface area contributed by atoms with Gasteiger partial charge in [-0.3, -0.25) is 0 Å². The zero-order valence-corrected chi connectivity index (χ0v) is 8.05. The summed E-state index contributed by atoms with van der Waals surface area (Å²) in [5.41, 5.74) is 0.789. The number of benzene rings is 1. The highest BCUT2D eigenvalue weighted by Gasteiger charge is 2.14. The van der Waals surface area contributed by atoms with Gasteiger partial charge in [-0.25, -0.2) is 8.78 Å². The van der Waals surface area contributed by atoms with Crippen molar-refractivity contribution in [3.8, 4) is 5.75 Å². The van der Waals surface area contributed by atoms with Crippen LogP contribution in [0.5, 0.6) is 5.75 Å². The number of methoxy groups -OCH3 is 1. The van der Waals surface area contributed by atoms with Crippen molar-refractivity contribution in [1.82, 2.24) is 0 Å². The van der Waals surface area contributed by atoms with E-state index in [0.29, 0.717) is 16.9 Å². The largest absolute Gasteiger partial charge is 0.496 e. The number of hydrogen-bond acceptors (Lipinski definition) is 2. The van der Waals surface area contributed by atoms with Gasteiger partial charge in [-0.2, -0.15) is 0 Å². The Bertz CT molecular complexity index is 324. The van der Waals surface area contributed by atoms with Crippen molar-refractivity contribution in [2.45, 2.75) is 20.0 Å². The molecule has 2 nitrogen and oxygen atoms in total. The van der Waals surface area contributed by atoms with E-state index >= 15 is 0 Å². The lowest BCUT2D eigenvalue weighted by Crippen LogP contribution is -1.97. The summed E-state index contributed by atoms with van der Waals surface area (Å²) in [7, 11) is 1.44. The third-order valence-corrected chi connectivity index (χ3v) is 2.07. The molecule has 0 amide bonds. The topological polar surface area (TPSA) is 29.5 Å². The summed E-state index contributed by atoms with van der Waals surface area (Å²) in [6, 6.07) is 2.78. The molecule has 1 rings (SSSR count). The van der Waals surface area contributed by atoms with E-state index in [1.165, 1.54) is 19.2 Å². The number of halogens is 2. The molecule has 0 heterocycles. The number of ether oxygens (including phenoxy) is 1. The van der Waals surface area contributed by atoms with Crippen molar-refractivity contribution in [3.05, 3.63) is 28.8 Å². The number of rotatable bonds is 3. The van der Waals surface area contributed by atoms with Crippen LogP contribution in [0, 0.1) is 6.92 Å². The molecule has 0 saturated heterocycles. The molecule has 0 aliphatic carbocycles. The third kappa shape index (κ3) is 2.01. The second kappa shape index (κ2) is 4.37. The molecule has 0 radical (unpaired) electrons. The predicted octanol–water partition coefficient (Wildman–Crippen LogP) is 2.43. The van der Waals surface area contributed by atoms with E-state index in [2.05, 4.69) is 0 Å². The Hall–Kier alpha value is -1.16. The van der Waals surface area contributed by atoms with Crippen molar-refractivity contribution in [2.24, 2.45) is 0 Å². The van der Waals surface area contributed by atoms with Crippen LogP contribution in [0.2, 0.25) is 0 Å². The van der Waals surface area contributed by atoms with Crippen LogP contribution in [-0.4, -0.2) is 12.2 Å². The van der Waals surface area contributed by atoms with Gasteiger partial charge in [0.2, 0.25) is 0 Å². The number of alkyl halides is 2. The average molecular weight is 202 g/mol. The SMILES string of the molecule is COc1cc(C)c(C(F)F)cc1CO. The molecule has 4 heteroatoms. The molecule has 78 valence electrons. The summed E-state index contributed by atoms with van der Waals surface area (Å²) in [5, 5.41) is 8.92. The summed E-state index contributed by atoms with van der Waals surface area (Å²) in [4.78, 5) is 0. The Kier molecular flexibility index (Phi) is 3.41. The fourth-order valence-corrected chi connectivity index (χ4v) is 1.29. The average Bonchev–Trinajstić information content (AvgIpc) is 2.16. The van der Waals surface area contributed by atoms with Crippen molar-refractivity contribution < 1.29 is 18.6 Å². The van der Waals surface area contributed by atoms with Crippen molar-refractivity contribution in [1.29, 1.82) is 0 Å². The van der Waals surface area contributed by atoms with Crippen molar-refractivity contribution in [3.63, 3.8) is 0 Å². The second-order valence-corrected chi connectivity index (χ2v) is 2.98. The Labute approximate surface area is 81.1 Å². The number of aryl methyl sites for hydroxylation is 1. The summed E-state index contributed by atoms with van der Waals surface area (Å²) in [5.74, 6) is 0.439. The molecule has 0 fully saturated rings. The van der Waals surface area contributed by atoms with E-state index in [4.69, 9.17) is 9.84 Å². The third-order valence-electron chi connectivity index (χ3n) is 2.07. The smallest absolute Gasteiger partial charge is 0.264 e. The van der Waals surface area contributed by atoms with Crippen LogP contribution in [0.1, 0.15) is 23.1 Å². The lowest BCUT2D eigenvalue weighted by molar-refractivity contribution is 0.150. The van der Waals surface area contributed by atoms with Crippen LogP contribution >= 0.6 is 0 Å². The number of hydrogen-bond donors (Lipinski definition) is 1. The molecule has 0 aliphatic heterocycles. The van der Waals surface area contributed by atoms with Crippen LogP contribution in [-0.2, 0) is 6.61 Å². The van der Waals surface area contributed by atoms with E-state index in [9.17, 15) is 8.78 Å². The highest BCUT2D eigenvalue weighted by Crippen LogP contribution is 2.29. The van der Waals surface area contributed by atoms with Gasteiger partial charge in [0.1, 0.15) is 5.75 Å². The molecule has 0 aromatic heterocycles. The molecular formula is C10H12F2O2. The summed E-state index contributed by atoms with van der Waals surface area (Å²) in [6.45, 7) is 1.29. The van der Waals surface area contributed by atoms with E-state index in [-0.39, 0.29) is 12.2 Å². The zero-order chi connectivity index (χ0) is 10.7. The molecule has 0 spiro atoms. The molecular weight excluding hydrogens is 190 g/mol. The van der Waals surface area contributed by atoms with E-state index in [0.717, 1.165) is 0 Å². The summed E-state index contributed by atoms with van der Waals surface area (Å²) in [6.07, 6.45) is -2.52. The van der Waals surface area contributed by atoms with Crippen molar-refractivity contribution in [2.75, 3.05) is 7.11 Å². The first-order chi connectivity index (χ1) is 6.60. The molecule has 0 unspecified atom stereocenters. The molecule has 0 atom stereocenters. The Morgan fingerprint density at radius 2 is 2.07 bits per heavy atom. The number of aliphatic hydroxyl groups excluding tert-OH is 1. The molecule has 1 aromatic rings. The van der Waals surface area contributed by atoms with Gasteiger partial charge in [-0.15, -0.1) is 0 Å². The predicted molar refractivity (Wildman–Crippen MR) is 48.6 cm³/mol. The molecule has 14 heavy (non-hydrogen) atoms. The summed E-state index contributed by atoms with van der Waals surface area (Å²) >= 11 is 0. The van der Waals surface area contributed by atoms with Crippen LogP contribution in [0.3, 0.4) is 0 Å². The normalized spacial score (nSPS) is 10.7. The lowest BCUT2D eigenvalue weighted by Gasteiger charge is -2.11.